The lowest BCUT2D eigenvalue weighted by atomic mass is 9.82. The predicted molar refractivity (Wildman–Crippen MR) is 87.2 cm³/mol. The second-order valence-corrected chi connectivity index (χ2v) is 6.68. The zero-order valence-electron chi connectivity index (χ0n) is 14.5. The maximum absolute atomic E-state index is 12.2. The molecular formula is C18H30O4. The van der Waals surface area contributed by atoms with E-state index in [1.54, 1.807) is 26.2 Å². The highest BCUT2D eigenvalue weighted by molar-refractivity contribution is 5.77. The number of allylic oxidation sites excluding steroid dienone is 1. The molecule has 0 spiro atoms. The van der Waals surface area contributed by atoms with E-state index in [4.69, 9.17) is 9.47 Å². The van der Waals surface area contributed by atoms with E-state index < -0.39 is 11.5 Å². The van der Waals surface area contributed by atoms with Gasteiger partial charge in [0.05, 0.1) is 13.7 Å². The standard InChI is InChI=1S/C18H30O4/c1-13(2)9-7-6-8-10-22-17(19)15-11-14(3)16(21-5)12-18(15,4)20/h11-13,15,20H,6-10H2,1-5H3. The van der Waals surface area contributed by atoms with Gasteiger partial charge in [0.2, 0.25) is 0 Å². The fraction of sp³-hybridized carbons (Fsp3) is 0.722. The molecule has 22 heavy (non-hydrogen) atoms. The first-order valence-electron chi connectivity index (χ1n) is 8.12. The highest BCUT2D eigenvalue weighted by Crippen LogP contribution is 2.32. The fourth-order valence-corrected chi connectivity index (χ4v) is 2.59. The van der Waals surface area contributed by atoms with Gasteiger partial charge in [-0.05, 0) is 37.8 Å². The molecule has 1 N–H and O–H groups in total. The zero-order valence-corrected chi connectivity index (χ0v) is 14.5. The summed E-state index contributed by atoms with van der Waals surface area (Å²) in [4.78, 5) is 12.2. The van der Waals surface area contributed by atoms with Crippen molar-refractivity contribution in [3.8, 4) is 0 Å². The Labute approximate surface area is 134 Å². The SMILES string of the molecule is COC1=CC(C)(O)C(C(=O)OCCCCCC(C)C)C=C1C. The van der Waals surface area contributed by atoms with Gasteiger partial charge in [-0.15, -0.1) is 0 Å². The van der Waals surface area contributed by atoms with Crippen LogP contribution in [0.1, 0.15) is 53.4 Å². The van der Waals surface area contributed by atoms with Gasteiger partial charge in [-0.25, -0.2) is 0 Å². The molecule has 0 aromatic rings. The number of ether oxygens (including phenoxy) is 2. The molecule has 1 aliphatic rings. The largest absolute Gasteiger partial charge is 0.497 e. The first-order chi connectivity index (χ1) is 10.3. The van der Waals surface area contributed by atoms with E-state index in [9.17, 15) is 9.90 Å². The molecule has 2 unspecified atom stereocenters. The number of rotatable bonds is 8. The summed E-state index contributed by atoms with van der Waals surface area (Å²) in [5.74, 6) is 0.263. The molecule has 0 saturated carbocycles. The molecule has 0 fully saturated rings. The van der Waals surface area contributed by atoms with E-state index in [1.165, 1.54) is 6.42 Å². The van der Waals surface area contributed by atoms with Crippen molar-refractivity contribution in [1.82, 2.24) is 0 Å². The van der Waals surface area contributed by atoms with Crippen molar-refractivity contribution in [3.63, 3.8) is 0 Å². The number of hydrogen-bond donors (Lipinski definition) is 1. The topological polar surface area (TPSA) is 55.8 Å². The Kier molecular flexibility index (Phi) is 7.14. The summed E-state index contributed by atoms with van der Waals surface area (Å²) in [6.45, 7) is 8.29. The minimum Gasteiger partial charge on any atom is -0.497 e. The number of unbranched alkanes of at least 4 members (excludes halogenated alkanes) is 2. The molecule has 0 saturated heterocycles. The van der Waals surface area contributed by atoms with Crippen LogP contribution in [0.3, 0.4) is 0 Å². The third-order valence-corrected chi connectivity index (χ3v) is 4.00. The van der Waals surface area contributed by atoms with Crippen LogP contribution in [0, 0.1) is 11.8 Å². The molecule has 4 nitrogen and oxygen atoms in total. The van der Waals surface area contributed by atoms with Gasteiger partial charge in [-0.3, -0.25) is 4.79 Å². The van der Waals surface area contributed by atoms with Crippen LogP contribution in [0.2, 0.25) is 0 Å². The first kappa shape index (κ1) is 18.8. The fourth-order valence-electron chi connectivity index (χ4n) is 2.59. The second kappa shape index (κ2) is 8.37. The summed E-state index contributed by atoms with van der Waals surface area (Å²) in [5.41, 5.74) is -0.438. The van der Waals surface area contributed by atoms with Crippen LogP contribution in [0.15, 0.2) is 23.5 Å². The molecule has 0 amide bonds. The van der Waals surface area contributed by atoms with Gasteiger partial charge >= 0.3 is 5.97 Å². The average Bonchev–Trinajstić information content (AvgIpc) is 2.44. The lowest BCUT2D eigenvalue weighted by Gasteiger charge is -2.31. The molecule has 1 rings (SSSR count). The molecule has 2 atom stereocenters. The molecule has 0 aliphatic heterocycles. The van der Waals surface area contributed by atoms with Crippen molar-refractivity contribution in [2.24, 2.45) is 11.8 Å². The summed E-state index contributed by atoms with van der Waals surface area (Å²) < 4.78 is 10.5. The van der Waals surface area contributed by atoms with Crippen molar-refractivity contribution in [1.29, 1.82) is 0 Å². The van der Waals surface area contributed by atoms with Crippen LogP contribution < -0.4 is 0 Å². The Balaban J connectivity index is 2.44. The zero-order chi connectivity index (χ0) is 16.8. The van der Waals surface area contributed by atoms with E-state index in [2.05, 4.69) is 13.8 Å². The normalized spacial score (nSPS) is 24.8. The Morgan fingerprint density at radius 3 is 2.64 bits per heavy atom. The summed E-state index contributed by atoms with van der Waals surface area (Å²) in [6.07, 6.45) is 7.61. The van der Waals surface area contributed by atoms with Crippen LogP contribution in [0.5, 0.6) is 0 Å². The van der Waals surface area contributed by atoms with Crippen LogP contribution in [-0.2, 0) is 14.3 Å². The first-order valence-corrected chi connectivity index (χ1v) is 8.12. The quantitative estimate of drug-likeness (QED) is 0.550. The van der Waals surface area contributed by atoms with Crippen LogP contribution in [-0.4, -0.2) is 30.4 Å². The smallest absolute Gasteiger partial charge is 0.316 e. The molecular weight excluding hydrogens is 280 g/mol. The van der Waals surface area contributed by atoms with Gasteiger partial charge in [-0.2, -0.15) is 0 Å². The molecule has 4 heteroatoms. The van der Waals surface area contributed by atoms with E-state index in [0.717, 1.165) is 30.8 Å². The van der Waals surface area contributed by atoms with Crippen molar-refractivity contribution in [2.75, 3.05) is 13.7 Å². The van der Waals surface area contributed by atoms with Crippen LogP contribution in [0.25, 0.3) is 0 Å². The maximum atomic E-state index is 12.2. The number of aliphatic hydroxyl groups is 1. The van der Waals surface area contributed by atoms with E-state index >= 15 is 0 Å². The van der Waals surface area contributed by atoms with Crippen molar-refractivity contribution in [2.45, 2.75) is 59.0 Å². The van der Waals surface area contributed by atoms with Gasteiger partial charge in [0, 0.05) is 0 Å². The third kappa shape index (κ3) is 5.48. The van der Waals surface area contributed by atoms with Crippen molar-refractivity contribution < 1.29 is 19.4 Å². The van der Waals surface area contributed by atoms with Gasteiger partial charge in [0.25, 0.3) is 0 Å². The van der Waals surface area contributed by atoms with Crippen LogP contribution >= 0.6 is 0 Å². The molecule has 0 aromatic heterocycles. The molecule has 0 radical (unpaired) electrons. The molecule has 0 aromatic carbocycles. The highest BCUT2D eigenvalue weighted by Gasteiger charge is 2.39. The van der Waals surface area contributed by atoms with E-state index in [1.807, 2.05) is 6.92 Å². The Bertz CT molecular complexity index is 432. The Morgan fingerprint density at radius 2 is 2.05 bits per heavy atom. The minimum atomic E-state index is -1.28. The number of esters is 1. The van der Waals surface area contributed by atoms with E-state index in [-0.39, 0.29) is 5.97 Å². The van der Waals surface area contributed by atoms with Gasteiger partial charge < -0.3 is 14.6 Å². The van der Waals surface area contributed by atoms with E-state index in [0.29, 0.717) is 12.4 Å². The summed E-state index contributed by atoms with van der Waals surface area (Å²) in [5, 5.41) is 10.4. The molecule has 1 aliphatic carbocycles. The van der Waals surface area contributed by atoms with Crippen molar-refractivity contribution in [3.05, 3.63) is 23.5 Å². The Morgan fingerprint density at radius 1 is 1.36 bits per heavy atom. The third-order valence-electron chi connectivity index (χ3n) is 4.00. The van der Waals surface area contributed by atoms with Gasteiger partial charge in [0.15, 0.2) is 0 Å². The Hall–Kier alpha value is -1.29. The van der Waals surface area contributed by atoms with Crippen LogP contribution in [0.4, 0.5) is 0 Å². The molecule has 0 heterocycles. The lowest BCUT2D eigenvalue weighted by Crippen LogP contribution is -2.40. The summed E-state index contributed by atoms with van der Waals surface area (Å²) >= 11 is 0. The summed E-state index contributed by atoms with van der Waals surface area (Å²) in [6, 6.07) is 0. The molecule has 126 valence electrons. The summed E-state index contributed by atoms with van der Waals surface area (Å²) in [7, 11) is 1.55. The number of carbonyl (C=O) groups excluding carboxylic acids is 1. The monoisotopic (exact) mass is 310 g/mol. The number of hydrogen-bond acceptors (Lipinski definition) is 4. The maximum Gasteiger partial charge on any atom is 0.316 e. The highest BCUT2D eigenvalue weighted by atomic mass is 16.5. The average molecular weight is 310 g/mol. The van der Waals surface area contributed by atoms with Gasteiger partial charge in [0.1, 0.15) is 17.3 Å². The number of carbonyl (C=O) groups is 1. The van der Waals surface area contributed by atoms with Gasteiger partial charge in [-0.1, -0.05) is 39.2 Å². The number of methoxy groups -OCH3 is 1. The lowest BCUT2D eigenvalue weighted by molar-refractivity contribution is -0.152. The second-order valence-electron chi connectivity index (χ2n) is 6.68. The predicted octanol–water partition coefficient (Wildman–Crippen LogP) is 3.60. The van der Waals surface area contributed by atoms with Crippen molar-refractivity contribution >= 4 is 5.97 Å². The molecule has 0 bridgehead atoms. The minimum absolute atomic E-state index is 0.375.